The fourth-order valence-electron chi connectivity index (χ4n) is 1.68. The summed E-state index contributed by atoms with van der Waals surface area (Å²) in [7, 11) is 0. The van der Waals surface area contributed by atoms with E-state index >= 15 is 0 Å². The molecule has 2 rings (SSSR count). The molecular weight excluding hydrogens is 172 g/mol. The van der Waals surface area contributed by atoms with Crippen molar-refractivity contribution in [1.82, 2.24) is 0 Å². The van der Waals surface area contributed by atoms with Gasteiger partial charge in [0, 0.05) is 5.92 Å². The van der Waals surface area contributed by atoms with Gasteiger partial charge in [0.2, 0.25) is 0 Å². The van der Waals surface area contributed by atoms with Gasteiger partial charge in [-0.1, -0.05) is 45.0 Å². The molecule has 0 saturated carbocycles. The van der Waals surface area contributed by atoms with Crippen LogP contribution in [0.25, 0.3) is 0 Å². The Kier molecular flexibility index (Phi) is 2.36. The van der Waals surface area contributed by atoms with E-state index in [1.807, 2.05) is 0 Å². The molecule has 0 aromatic heterocycles. The molecule has 1 saturated heterocycles. The van der Waals surface area contributed by atoms with Gasteiger partial charge >= 0.3 is 0 Å². The summed E-state index contributed by atoms with van der Waals surface area (Å²) in [5, 5.41) is 0. The van der Waals surface area contributed by atoms with E-state index in [0.717, 1.165) is 13.2 Å². The van der Waals surface area contributed by atoms with Crippen molar-refractivity contribution >= 4 is 0 Å². The lowest BCUT2D eigenvalue weighted by atomic mass is 9.85. The second-order valence-electron chi connectivity index (χ2n) is 5.11. The number of rotatable bonds is 1. The highest BCUT2D eigenvalue weighted by atomic mass is 16.5. The molecule has 0 spiro atoms. The Balaban J connectivity index is 2.17. The van der Waals surface area contributed by atoms with E-state index in [1.54, 1.807) is 0 Å². The van der Waals surface area contributed by atoms with Crippen molar-refractivity contribution in [2.45, 2.75) is 32.1 Å². The first-order chi connectivity index (χ1) is 6.57. The predicted molar refractivity (Wildman–Crippen MR) is 58.7 cm³/mol. The third-order valence-corrected chi connectivity index (χ3v) is 2.89. The smallest absolute Gasteiger partial charge is 0.0557 e. The molecule has 0 bridgehead atoms. The standard InChI is InChI=1S/C13H18O/c1-13(2,3)12-6-4-10(5-7-12)11-8-14-9-11/h4-7,11H,8-9H2,1-3H3. The first-order valence-corrected chi connectivity index (χ1v) is 5.25. The zero-order valence-corrected chi connectivity index (χ0v) is 9.21. The molecule has 76 valence electrons. The van der Waals surface area contributed by atoms with Gasteiger partial charge in [0.1, 0.15) is 0 Å². The Hall–Kier alpha value is -0.820. The third kappa shape index (κ3) is 1.83. The van der Waals surface area contributed by atoms with Gasteiger partial charge in [-0.2, -0.15) is 0 Å². The lowest BCUT2D eigenvalue weighted by molar-refractivity contribution is 0.00841. The number of hydrogen-bond acceptors (Lipinski definition) is 1. The summed E-state index contributed by atoms with van der Waals surface area (Å²) in [5.41, 5.74) is 3.08. The molecule has 0 radical (unpaired) electrons. The van der Waals surface area contributed by atoms with Crippen molar-refractivity contribution in [3.05, 3.63) is 35.4 Å². The van der Waals surface area contributed by atoms with Crippen LogP contribution >= 0.6 is 0 Å². The third-order valence-electron chi connectivity index (χ3n) is 2.89. The highest BCUT2D eigenvalue weighted by molar-refractivity contribution is 5.30. The minimum atomic E-state index is 0.259. The molecule has 0 aliphatic carbocycles. The molecule has 1 aromatic carbocycles. The zero-order chi connectivity index (χ0) is 10.2. The van der Waals surface area contributed by atoms with Crippen LogP contribution in [0.15, 0.2) is 24.3 Å². The Morgan fingerprint density at radius 1 is 1.07 bits per heavy atom. The SMILES string of the molecule is CC(C)(C)c1ccc(C2COC2)cc1. The average Bonchev–Trinajstić information content (AvgIpc) is 2.00. The van der Waals surface area contributed by atoms with Crippen LogP contribution in [0.5, 0.6) is 0 Å². The van der Waals surface area contributed by atoms with Gasteiger partial charge in [0.25, 0.3) is 0 Å². The molecule has 0 amide bonds. The minimum absolute atomic E-state index is 0.259. The van der Waals surface area contributed by atoms with Crippen LogP contribution in [-0.2, 0) is 10.2 Å². The van der Waals surface area contributed by atoms with E-state index in [-0.39, 0.29) is 5.41 Å². The van der Waals surface area contributed by atoms with E-state index in [4.69, 9.17) is 4.74 Å². The predicted octanol–water partition coefficient (Wildman–Crippen LogP) is 3.10. The average molecular weight is 190 g/mol. The van der Waals surface area contributed by atoms with Gasteiger partial charge in [0.15, 0.2) is 0 Å². The summed E-state index contributed by atoms with van der Waals surface area (Å²) in [6, 6.07) is 8.98. The molecular formula is C13H18O. The maximum absolute atomic E-state index is 5.19. The van der Waals surface area contributed by atoms with Crippen LogP contribution in [0, 0.1) is 0 Å². The second-order valence-corrected chi connectivity index (χ2v) is 5.11. The van der Waals surface area contributed by atoms with E-state index in [9.17, 15) is 0 Å². The van der Waals surface area contributed by atoms with Crippen molar-refractivity contribution in [3.63, 3.8) is 0 Å². The molecule has 0 N–H and O–H groups in total. The summed E-state index contributed by atoms with van der Waals surface area (Å²) in [6.45, 7) is 8.53. The lowest BCUT2D eigenvalue weighted by Crippen LogP contribution is -2.25. The molecule has 1 heteroatoms. The topological polar surface area (TPSA) is 9.23 Å². The summed E-state index contributed by atoms with van der Waals surface area (Å²) in [4.78, 5) is 0. The van der Waals surface area contributed by atoms with E-state index in [0.29, 0.717) is 5.92 Å². The fraction of sp³-hybridized carbons (Fsp3) is 0.538. The molecule has 1 aliphatic heterocycles. The fourth-order valence-corrected chi connectivity index (χ4v) is 1.68. The number of ether oxygens (including phenoxy) is 1. The van der Waals surface area contributed by atoms with E-state index < -0.39 is 0 Å². The van der Waals surface area contributed by atoms with Crippen LogP contribution in [0.2, 0.25) is 0 Å². The zero-order valence-electron chi connectivity index (χ0n) is 9.21. The Bertz CT molecular complexity index is 301. The Morgan fingerprint density at radius 2 is 1.64 bits per heavy atom. The molecule has 14 heavy (non-hydrogen) atoms. The van der Waals surface area contributed by atoms with Gasteiger partial charge < -0.3 is 4.74 Å². The molecule has 1 fully saturated rings. The maximum atomic E-state index is 5.19. The van der Waals surface area contributed by atoms with Gasteiger partial charge in [-0.15, -0.1) is 0 Å². The number of benzene rings is 1. The highest BCUT2D eigenvalue weighted by Gasteiger charge is 2.21. The first kappa shape index (κ1) is 9.72. The molecule has 1 aromatic rings. The first-order valence-electron chi connectivity index (χ1n) is 5.25. The number of hydrogen-bond donors (Lipinski definition) is 0. The highest BCUT2D eigenvalue weighted by Crippen LogP contribution is 2.27. The summed E-state index contributed by atoms with van der Waals surface area (Å²) < 4.78 is 5.19. The summed E-state index contributed by atoms with van der Waals surface area (Å²) >= 11 is 0. The molecule has 1 aliphatic rings. The van der Waals surface area contributed by atoms with Crippen LogP contribution in [0.4, 0.5) is 0 Å². The van der Waals surface area contributed by atoms with Gasteiger partial charge in [0.05, 0.1) is 13.2 Å². The summed E-state index contributed by atoms with van der Waals surface area (Å²) in [6.07, 6.45) is 0. The Labute approximate surface area is 86.1 Å². The lowest BCUT2D eigenvalue weighted by Gasteiger charge is -2.27. The second kappa shape index (κ2) is 3.39. The van der Waals surface area contributed by atoms with Crippen molar-refractivity contribution in [2.24, 2.45) is 0 Å². The molecule has 0 unspecified atom stereocenters. The Morgan fingerprint density at radius 3 is 2.00 bits per heavy atom. The molecule has 1 heterocycles. The van der Waals surface area contributed by atoms with Crippen LogP contribution in [0.3, 0.4) is 0 Å². The normalized spacial score (nSPS) is 17.9. The van der Waals surface area contributed by atoms with Crippen LogP contribution < -0.4 is 0 Å². The molecule has 0 atom stereocenters. The van der Waals surface area contributed by atoms with E-state index in [1.165, 1.54) is 11.1 Å². The summed E-state index contributed by atoms with van der Waals surface area (Å²) in [5.74, 6) is 0.643. The minimum Gasteiger partial charge on any atom is -0.380 e. The van der Waals surface area contributed by atoms with Crippen molar-refractivity contribution in [1.29, 1.82) is 0 Å². The van der Waals surface area contributed by atoms with Gasteiger partial charge in [-0.05, 0) is 16.5 Å². The largest absolute Gasteiger partial charge is 0.380 e. The van der Waals surface area contributed by atoms with Crippen molar-refractivity contribution in [3.8, 4) is 0 Å². The van der Waals surface area contributed by atoms with Crippen LogP contribution in [0.1, 0.15) is 37.8 Å². The van der Waals surface area contributed by atoms with Crippen LogP contribution in [-0.4, -0.2) is 13.2 Å². The van der Waals surface area contributed by atoms with Gasteiger partial charge in [-0.3, -0.25) is 0 Å². The monoisotopic (exact) mass is 190 g/mol. The maximum Gasteiger partial charge on any atom is 0.0557 e. The van der Waals surface area contributed by atoms with Gasteiger partial charge in [-0.25, -0.2) is 0 Å². The van der Waals surface area contributed by atoms with Crippen molar-refractivity contribution < 1.29 is 4.74 Å². The molecule has 1 nitrogen and oxygen atoms in total. The van der Waals surface area contributed by atoms with Crippen molar-refractivity contribution in [2.75, 3.05) is 13.2 Å². The van der Waals surface area contributed by atoms with E-state index in [2.05, 4.69) is 45.0 Å². The quantitative estimate of drug-likeness (QED) is 0.661.